The molecule has 2 amide bonds. The Kier molecular flexibility index (Phi) is 5.81. The zero-order valence-electron chi connectivity index (χ0n) is 14.8. The number of amides is 2. The average molecular weight is 379 g/mol. The van der Waals surface area contributed by atoms with Crippen LogP contribution in [-0.2, 0) is 19.1 Å². The molecular formula is C19H23ClN2O4. The summed E-state index contributed by atoms with van der Waals surface area (Å²) in [5.41, 5.74) is 0.709. The maximum absolute atomic E-state index is 12.9. The van der Waals surface area contributed by atoms with Gasteiger partial charge >= 0.3 is 5.97 Å². The summed E-state index contributed by atoms with van der Waals surface area (Å²) in [5.74, 6) is -1.04. The molecule has 1 aromatic carbocycles. The van der Waals surface area contributed by atoms with Crippen LogP contribution in [0.25, 0.3) is 0 Å². The molecule has 0 N–H and O–H groups in total. The van der Waals surface area contributed by atoms with E-state index in [1.165, 1.54) is 0 Å². The van der Waals surface area contributed by atoms with Crippen LogP contribution >= 0.6 is 11.6 Å². The van der Waals surface area contributed by atoms with Crippen LogP contribution < -0.4 is 4.90 Å². The van der Waals surface area contributed by atoms with Crippen molar-refractivity contribution in [3.63, 3.8) is 0 Å². The first-order chi connectivity index (χ1) is 12.5. The number of carbonyl (C=O) groups is 3. The summed E-state index contributed by atoms with van der Waals surface area (Å²) in [6.45, 7) is 3.46. The van der Waals surface area contributed by atoms with Crippen molar-refractivity contribution in [3.05, 3.63) is 29.3 Å². The van der Waals surface area contributed by atoms with Crippen LogP contribution in [0.5, 0.6) is 0 Å². The second kappa shape index (κ2) is 8.08. The lowest BCUT2D eigenvalue weighted by Crippen LogP contribution is -2.45. The maximum Gasteiger partial charge on any atom is 0.310 e. The summed E-state index contributed by atoms with van der Waals surface area (Å²) in [6, 6.07) is 7.07. The quantitative estimate of drug-likeness (QED) is 0.755. The van der Waals surface area contributed by atoms with Crippen LogP contribution in [-0.4, -0.2) is 48.9 Å². The summed E-state index contributed by atoms with van der Waals surface area (Å²) in [4.78, 5) is 40.6. The molecule has 2 aliphatic heterocycles. The number of piperidine rings is 1. The summed E-state index contributed by atoms with van der Waals surface area (Å²) in [5, 5.41) is 0.554. The molecule has 2 heterocycles. The lowest BCUT2D eigenvalue weighted by atomic mass is 9.96. The third-order valence-electron chi connectivity index (χ3n) is 4.95. The second-order valence-corrected chi connectivity index (χ2v) is 7.20. The van der Waals surface area contributed by atoms with Crippen LogP contribution in [0, 0.1) is 11.8 Å². The molecule has 6 nitrogen and oxygen atoms in total. The number of esters is 1. The topological polar surface area (TPSA) is 66.9 Å². The van der Waals surface area contributed by atoms with Crippen LogP contribution in [0.4, 0.5) is 5.69 Å². The Bertz CT molecular complexity index is 709. The highest BCUT2D eigenvalue weighted by Gasteiger charge is 2.39. The van der Waals surface area contributed by atoms with Crippen molar-refractivity contribution in [3.8, 4) is 0 Å². The molecule has 2 atom stereocenters. The zero-order valence-corrected chi connectivity index (χ0v) is 15.6. The molecule has 0 aliphatic carbocycles. The van der Waals surface area contributed by atoms with Crippen molar-refractivity contribution in [2.24, 2.45) is 11.8 Å². The Hall–Kier alpha value is -2.08. The van der Waals surface area contributed by atoms with E-state index >= 15 is 0 Å². The molecule has 2 saturated heterocycles. The van der Waals surface area contributed by atoms with Crippen molar-refractivity contribution in [2.45, 2.75) is 26.2 Å². The number of carbonyl (C=O) groups excluding carboxylic acids is 3. The number of rotatable bonds is 4. The molecule has 140 valence electrons. The highest BCUT2D eigenvalue weighted by molar-refractivity contribution is 6.31. The van der Waals surface area contributed by atoms with E-state index in [1.807, 2.05) is 6.07 Å². The van der Waals surface area contributed by atoms with E-state index < -0.39 is 0 Å². The molecule has 7 heteroatoms. The minimum Gasteiger partial charge on any atom is -0.466 e. The molecule has 0 radical (unpaired) electrons. The monoisotopic (exact) mass is 378 g/mol. The van der Waals surface area contributed by atoms with Gasteiger partial charge in [-0.05, 0) is 38.0 Å². The molecule has 2 unspecified atom stereocenters. The molecule has 0 aromatic heterocycles. The lowest BCUT2D eigenvalue weighted by molar-refractivity contribution is -0.152. The van der Waals surface area contributed by atoms with Gasteiger partial charge in [-0.25, -0.2) is 0 Å². The number of benzene rings is 1. The van der Waals surface area contributed by atoms with Crippen LogP contribution in [0.1, 0.15) is 26.2 Å². The summed E-state index contributed by atoms with van der Waals surface area (Å²) >= 11 is 6.01. The smallest absolute Gasteiger partial charge is 0.310 e. The van der Waals surface area contributed by atoms with Crippen LogP contribution in [0.3, 0.4) is 0 Å². The van der Waals surface area contributed by atoms with Gasteiger partial charge in [0.25, 0.3) is 0 Å². The Morgan fingerprint density at radius 1 is 1.27 bits per heavy atom. The summed E-state index contributed by atoms with van der Waals surface area (Å²) in [7, 11) is 0. The van der Waals surface area contributed by atoms with Gasteiger partial charge in [0.2, 0.25) is 11.8 Å². The second-order valence-electron chi connectivity index (χ2n) is 6.76. The number of nitrogens with zero attached hydrogens (tertiary/aromatic N) is 2. The fourth-order valence-electron chi connectivity index (χ4n) is 3.65. The Labute approximate surface area is 158 Å². The Morgan fingerprint density at radius 3 is 2.81 bits per heavy atom. The molecule has 0 spiro atoms. The van der Waals surface area contributed by atoms with Gasteiger partial charge in [0.1, 0.15) is 0 Å². The van der Waals surface area contributed by atoms with E-state index in [4.69, 9.17) is 16.3 Å². The average Bonchev–Trinajstić information content (AvgIpc) is 3.03. The standard InChI is InChI=1S/C19H23ClN2O4/c1-2-26-19(25)13-5-4-8-21(11-13)18(24)14-9-17(23)22(12-14)16-7-3-6-15(20)10-16/h3,6-7,10,13-14H,2,4-5,8-9,11-12H2,1H3. The number of hydrogen-bond acceptors (Lipinski definition) is 4. The van der Waals surface area contributed by atoms with Gasteiger partial charge in [-0.15, -0.1) is 0 Å². The normalized spacial score (nSPS) is 23.2. The lowest BCUT2D eigenvalue weighted by Gasteiger charge is -2.33. The highest BCUT2D eigenvalue weighted by Crippen LogP contribution is 2.29. The predicted molar refractivity (Wildman–Crippen MR) is 97.8 cm³/mol. The fraction of sp³-hybridized carbons (Fsp3) is 0.526. The minimum absolute atomic E-state index is 0.0584. The van der Waals surface area contributed by atoms with E-state index in [9.17, 15) is 14.4 Å². The third-order valence-corrected chi connectivity index (χ3v) is 5.18. The van der Waals surface area contributed by atoms with Crippen LogP contribution in [0.15, 0.2) is 24.3 Å². The van der Waals surface area contributed by atoms with Gasteiger partial charge in [0, 0.05) is 36.8 Å². The molecule has 26 heavy (non-hydrogen) atoms. The van der Waals surface area contributed by atoms with Crippen molar-refractivity contribution < 1.29 is 19.1 Å². The van der Waals surface area contributed by atoms with Crippen LogP contribution in [0.2, 0.25) is 5.02 Å². The zero-order chi connectivity index (χ0) is 18.7. The maximum atomic E-state index is 12.9. The van der Waals surface area contributed by atoms with E-state index in [2.05, 4.69) is 0 Å². The predicted octanol–water partition coefficient (Wildman–Crippen LogP) is 2.49. The van der Waals surface area contributed by atoms with Crippen molar-refractivity contribution in [1.29, 1.82) is 0 Å². The largest absolute Gasteiger partial charge is 0.466 e. The van der Waals surface area contributed by atoms with Gasteiger partial charge in [-0.3, -0.25) is 14.4 Å². The molecule has 1 aromatic rings. The van der Waals surface area contributed by atoms with E-state index in [0.717, 1.165) is 12.8 Å². The Morgan fingerprint density at radius 2 is 2.08 bits per heavy atom. The first-order valence-electron chi connectivity index (χ1n) is 9.01. The molecular weight excluding hydrogens is 356 g/mol. The van der Waals surface area contributed by atoms with Crippen molar-refractivity contribution in [2.75, 3.05) is 31.1 Å². The number of halogens is 1. The Balaban J connectivity index is 1.65. The molecule has 0 saturated carbocycles. The van der Waals surface area contributed by atoms with E-state index in [1.54, 1.807) is 34.9 Å². The molecule has 0 bridgehead atoms. The fourth-order valence-corrected chi connectivity index (χ4v) is 3.84. The number of anilines is 1. The first-order valence-corrected chi connectivity index (χ1v) is 9.38. The van der Waals surface area contributed by atoms with Gasteiger partial charge in [-0.1, -0.05) is 17.7 Å². The van der Waals surface area contributed by atoms with Crippen molar-refractivity contribution >= 4 is 35.1 Å². The molecule has 3 rings (SSSR count). The van der Waals surface area contributed by atoms with Gasteiger partial charge in [0.05, 0.1) is 18.4 Å². The first kappa shape index (κ1) is 18.7. The van der Waals surface area contributed by atoms with Gasteiger partial charge in [-0.2, -0.15) is 0 Å². The highest BCUT2D eigenvalue weighted by atomic mass is 35.5. The molecule has 2 fully saturated rings. The number of likely N-dealkylation sites (tertiary alicyclic amines) is 1. The number of hydrogen-bond donors (Lipinski definition) is 0. The van der Waals surface area contributed by atoms with Crippen molar-refractivity contribution in [1.82, 2.24) is 4.90 Å². The van der Waals surface area contributed by atoms with Gasteiger partial charge < -0.3 is 14.5 Å². The minimum atomic E-state index is -0.387. The summed E-state index contributed by atoms with van der Waals surface area (Å²) < 4.78 is 5.09. The number of ether oxygens (including phenoxy) is 1. The third kappa shape index (κ3) is 4.01. The summed E-state index contributed by atoms with van der Waals surface area (Å²) in [6.07, 6.45) is 1.70. The van der Waals surface area contributed by atoms with E-state index in [0.29, 0.717) is 37.0 Å². The van der Waals surface area contributed by atoms with E-state index in [-0.39, 0.29) is 36.0 Å². The molecule has 2 aliphatic rings. The van der Waals surface area contributed by atoms with Gasteiger partial charge in [0.15, 0.2) is 0 Å². The SMILES string of the molecule is CCOC(=O)C1CCCN(C(=O)C2CC(=O)N(c3cccc(Cl)c3)C2)C1.